The predicted octanol–water partition coefficient (Wildman–Crippen LogP) is 3.93. The van der Waals surface area contributed by atoms with Gasteiger partial charge in [-0.1, -0.05) is 54.7 Å². The standard InChI is InChI=1S/C19H17NO2S/c20-19(23)16-6-3-7-17(13-16)21-10-11-22-18-9-8-14-4-1-2-5-15(14)12-18/h1-9,12-13H,10-11H2,(H2,20,23). The Hall–Kier alpha value is -2.59. The van der Waals surface area contributed by atoms with Gasteiger partial charge in [-0.05, 0) is 35.0 Å². The second-order valence-corrected chi connectivity index (χ2v) is 5.54. The highest BCUT2D eigenvalue weighted by Gasteiger charge is 2.00. The van der Waals surface area contributed by atoms with E-state index >= 15 is 0 Å². The van der Waals surface area contributed by atoms with Gasteiger partial charge >= 0.3 is 0 Å². The molecule has 0 heterocycles. The molecule has 0 fully saturated rings. The smallest absolute Gasteiger partial charge is 0.122 e. The van der Waals surface area contributed by atoms with E-state index in [1.807, 2.05) is 48.5 Å². The molecule has 2 N–H and O–H groups in total. The summed E-state index contributed by atoms with van der Waals surface area (Å²) >= 11 is 4.96. The van der Waals surface area contributed by atoms with Crippen LogP contribution in [0.3, 0.4) is 0 Å². The van der Waals surface area contributed by atoms with E-state index in [2.05, 4.69) is 18.2 Å². The van der Waals surface area contributed by atoms with Crippen molar-refractivity contribution in [1.82, 2.24) is 0 Å². The van der Waals surface area contributed by atoms with E-state index in [0.717, 1.165) is 22.4 Å². The van der Waals surface area contributed by atoms with Crippen LogP contribution in [-0.2, 0) is 0 Å². The molecule has 0 atom stereocenters. The van der Waals surface area contributed by atoms with Crippen molar-refractivity contribution in [2.24, 2.45) is 5.73 Å². The van der Waals surface area contributed by atoms with Gasteiger partial charge < -0.3 is 15.2 Å². The highest BCUT2D eigenvalue weighted by Crippen LogP contribution is 2.20. The topological polar surface area (TPSA) is 44.5 Å². The number of ether oxygens (including phenoxy) is 2. The van der Waals surface area contributed by atoms with Gasteiger partial charge in [-0.3, -0.25) is 0 Å². The molecule has 4 heteroatoms. The molecule has 3 aromatic rings. The van der Waals surface area contributed by atoms with Crippen molar-refractivity contribution in [3.8, 4) is 11.5 Å². The molecule has 23 heavy (non-hydrogen) atoms. The zero-order chi connectivity index (χ0) is 16.1. The summed E-state index contributed by atoms with van der Waals surface area (Å²) in [6, 6.07) is 21.7. The molecule has 0 aliphatic carbocycles. The minimum atomic E-state index is 0.364. The molecule has 0 aromatic heterocycles. The van der Waals surface area contributed by atoms with Crippen molar-refractivity contribution in [3.63, 3.8) is 0 Å². The van der Waals surface area contributed by atoms with Gasteiger partial charge in [-0.2, -0.15) is 0 Å². The van der Waals surface area contributed by atoms with Gasteiger partial charge in [-0.25, -0.2) is 0 Å². The van der Waals surface area contributed by atoms with Crippen LogP contribution in [0.5, 0.6) is 11.5 Å². The minimum Gasteiger partial charge on any atom is -0.490 e. The maximum atomic E-state index is 5.74. The summed E-state index contributed by atoms with van der Waals surface area (Å²) in [4.78, 5) is 0.364. The summed E-state index contributed by atoms with van der Waals surface area (Å²) in [5, 5.41) is 2.36. The lowest BCUT2D eigenvalue weighted by Gasteiger charge is -2.10. The average molecular weight is 323 g/mol. The largest absolute Gasteiger partial charge is 0.490 e. The molecule has 0 bridgehead atoms. The van der Waals surface area contributed by atoms with Crippen LogP contribution < -0.4 is 15.2 Å². The number of nitrogens with two attached hydrogens (primary N) is 1. The van der Waals surface area contributed by atoms with Crippen molar-refractivity contribution >= 4 is 28.0 Å². The van der Waals surface area contributed by atoms with Crippen LogP contribution in [0.1, 0.15) is 5.56 Å². The van der Waals surface area contributed by atoms with Crippen LogP contribution in [-0.4, -0.2) is 18.2 Å². The van der Waals surface area contributed by atoms with E-state index in [0.29, 0.717) is 18.2 Å². The number of hydrogen-bond acceptors (Lipinski definition) is 3. The monoisotopic (exact) mass is 323 g/mol. The molecule has 0 unspecified atom stereocenters. The Bertz CT molecular complexity index is 832. The Kier molecular flexibility index (Phi) is 4.74. The van der Waals surface area contributed by atoms with Crippen LogP contribution in [0.4, 0.5) is 0 Å². The highest BCUT2D eigenvalue weighted by atomic mass is 32.1. The number of benzene rings is 3. The summed E-state index contributed by atoms with van der Waals surface area (Å²) in [5.41, 5.74) is 6.41. The third-order valence-electron chi connectivity index (χ3n) is 3.46. The van der Waals surface area contributed by atoms with Crippen molar-refractivity contribution in [2.45, 2.75) is 0 Å². The van der Waals surface area contributed by atoms with Gasteiger partial charge in [-0.15, -0.1) is 0 Å². The van der Waals surface area contributed by atoms with E-state index in [1.54, 1.807) is 0 Å². The van der Waals surface area contributed by atoms with Gasteiger partial charge in [0.1, 0.15) is 29.7 Å². The van der Waals surface area contributed by atoms with E-state index in [4.69, 9.17) is 27.4 Å². The summed E-state index contributed by atoms with van der Waals surface area (Å²) in [6.45, 7) is 0.920. The Morgan fingerprint density at radius 2 is 1.48 bits per heavy atom. The first-order valence-electron chi connectivity index (χ1n) is 7.37. The summed E-state index contributed by atoms with van der Waals surface area (Å²) in [5.74, 6) is 1.57. The van der Waals surface area contributed by atoms with Crippen molar-refractivity contribution in [2.75, 3.05) is 13.2 Å². The molecule has 0 aliphatic heterocycles. The van der Waals surface area contributed by atoms with Crippen molar-refractivity contribution in [3.05, 3.63) is 72.3 Å². The first-order valence-corrected chi connectivity index (χ1v) is 7.77. The Morgan fingerprint density at radius 3 is 2.22 bits per heavy atom. The second-order valence-electron chi connectivity index (χ2n) is 5.10. The molecular formula is C19H17NO2S. The van der Waals surface area contributed by atoms with Crippen LogP contribution >= 0.6 is 12.2 Å². The van der Waals surface area contributed by atoms with Crippen LogP contribution in [0.15, 0.2) is 66.7 Å². The fraction of sp³-hybridized carbons (Fsp3) is 0.105. The van der Waals surface area contributed by atoms with Gasteiger partial charge in [0, 0.05) is 5.56 Å². The SMILES string of the molecule is NC(=S)c1cccc(OCCOc2ccc3ccccc3c2)c1. The van der Waals surface area contributed by atoms with E-state index in [9.17, 15) is 0 Å². The normalized spacial score (nSPS) is 10.4. The van der Waals surface area contributed by atoms with Crippen molar-refractivity contribution in [1.29, 1.82) is 0 Å². The predicted molar refractivity (Wildman–Crippen MR) is 97.3 cm³/mol. The summed E-state index contributed by atoms with van der Waals surface area (Å²) in [7, 11) is 0. The molecular weight excluding hydrogens is 306 g/mol. The second kappa shape index (κ2) is 7.11. The lowest BCUT2D eigenvalue weighted by atomic mass is 10.1. The molecule has 116 valence electrons. The number of hydrogen-bond donors (Lipinski definition) is 1. The van der Waals surface area contributed by atoms with Crippen LogP contribution in [0.2, 0.25) is 0 Å². The Morgan fingerprint density at radius 1 is 0.783 bits per heavy atom. The third kappa shape index (κ3) is 3.99. The quantitative estimate of drug-likeness (QED) is 0.551. The molecule has 0 radical (unpaired) electrons. The molecule has 0 saturated heterocycles. The van der Waals surface area contributed by atoms with Crippen LogP contribution in [0, 0.1) is 0 Å². The van der Waals surface area contributed by atoms with Gasteiger partial charge in [0.25, 0.3) is 0 Å². The zero-order valence-corrected chi connectivity index (χ0v) is 13.4. The summed E-state index contributed by atoms with van der Waals surface area (Å²) < 4.78 is 11.4. The Labute approximate surface area is 140 Å². The average Bonchev–Trinajstić information content (AvgIpc) is 2.59. The number of rotatable bonds is 6. The number of fused-ring (bicyclic) bond motifs is 1. The summed E-state index contributed by atoms with van der Waals surface area (Å²) in [6.07, 6.45) is 0. The fourth-order valence-corrected chi connectivity index (χ4v) is 2.44. The zero-order valence-electron chi connectivity index (χ0n) is 12.6. The molecule has 3 aromatic carbocycles. The molecule has 0 saturated carbocycles. The third-order valence-corrected chi connectivity index (χ3v) is 3.70. The van der Waals surface area contributed by atoms with E-state index in [1.165, 1.54) is 5.39 Å². The molecule has 3 rings (SSSR count). The Balaban J connectivity index is 1.54. The van der Waals surface area contributed by atoms with Crippen LogP contribution in [0.25, 0.3) is 10.8 Å². The number of thiocarbonyl (C=S) groups is 1. The molecule has 0 spiro atoms. The van der Waals surface area contributed by atoms with Crippen molar-refractivity contribution < 1.29 is 9.47 Å². The first kappa shape index (κ1) is 15.3. The van der Waals surface area contributed by atoms with E-state index in [-0.39, 0.29) is 0 Å². The van der Waals surface area contributed by atoms with E-state index < -0.39 is 0 Å². The van der Waals surface area contributed by atoms with Gasteiger partial charge in [0.15, 0.2) is 0 Å². The highest BCUT2D eigenvalue weighted by molar-refractivity contribution is 7.80. The minimum absolute atomic E-state index is 0.364. The van der Waals surface area contributed by atoms with Gasteiger partial charge in [0.2, 0.25) is 0 Å². The maximum absolute atomic E-state index is 5.74. The fourth-order valence-electron chi connectivity index (χ4n) is 2.32. The molecule has 0 amide bonds. The van der Waals surface area contributed by atoms with Gasteiger partial charge in [0.05, 0.1) is 0 Å². The maximum Gasteiger partial charge on any atom is 0.122 e. The first-order chi connectivity index (χ1) is 11.2. The lowest BCUT2D eigenvalue weighted by Crippen LogP contribution is -2.11. The lowest BCUT2D eigenvalue weighted by molar-refractivity contribution is 0.217. The molecule has 0 aliphatic rings. The molecule has 3 nitrogen and oxygen atoms in total.